The number of rotatable bonds is 0. The molecule has 0 amide bonds. The molecule has 0 aliphatic rings. The monoisotopic (exact) mass is 188 g/mol. The van der Waals surface area contributed by atoms with Gasteiger partial charge in [-0.2, -0.15) is 0 Å². The maximum atomic E-state index is 8.76. The summed E-state index contributed by atoms with van der Waals surface area (Å²) in [7, 11) is 0. The van der Waals surface area contributed by atoms with E-state index in [-0.39, 0.29) is 0 Å². The van der Waals surface area contributed by atoms with Crippen LogP contribution in [0.4, 0.5) is 0 Å². The zero-order chi connectivity index (χ0) is 10.2. The Hall–Kier alpha value is -1.90. The van der Waals surface area contributed by atoms with Crippen molar-refractivity contribution in [1.29, 1.82) is 0 Å². The van der Waals surface area contributed by atoms with Crippen LogP contribution in [-0.4, -0.2) is 15.1 Å². The molecular formula is C11H12N2O. The summed E-state index contributed by atoms with van der Waals surface area (Å²) in [4.78, 5) is 7.35. The minimum atomic E-state index is 0.329. The van der Waals surface area contributed by atoms with E-state index >= 15 is 0 Å². The normalized spacial score (nSPS) is 8.64. The molecule has 2 rings (SSSR count). The number of phenols is 1. The lowest BCUT2D eigenvalue weighted by molar-refractivity contribution is 0.475. The minimum Gasteiger partial charge on any atom is -0.508 e. The summed E-state index contributed by atoms with van der Waals surface area (Å²) >= 11 is 0. The highest BCUT2D eigenvalue weighted by molar-refractivity contribution is 5.24. The Bertz CT molecular complexity index is 298. The van der Waals surface area contributed by atoms with Gasteiger partial charge in [-0.05, 0) is 25.1 Å². The van der Waals surface area contributed by atoms with Crippen LogP contribution in [0, 0.1) is 6.92 Å². The van der Waals surface area contributed by atoms with E-state index in [1.165, 1.54) is 11.9 Å². The fourth-order valence-corrected chi connectivity index (χ4v) is 0.798. The maximum absolute atomic E-state index is 8.76. The first-order valence-electron chi connectivity index (χ1n) is 4.24. The fraction of sp³-hybridized carbons (Fsp3) is 0.0909. The fourth-order valence-electron chi connectivity index (χ4n) is 0.798. The Balaban J connectivity index is 0.000000146. The van der Waals surface area contributed by atoms with E-state index in [1.54, 1.807) is 30.6 Å². The molecule has 0 saturated heterocycles. The number of hydrogen-bond acceptors (Lipinski definition) is 3. The minimum absolute atomic E-state index is 0.329. The third kappa shape index (κ3) is 4.21. The van der Waals surface area contributed by atoms with Gasteiger partial charge in [0, 0.05) is 12.4 Å². The van der Waals surface area contributed by atoms with Crippen molar-refractivity contribution in [2.24, 2.45) is 0 Å². The van der Waals surface area contributed by atoms with E-state index in [0.29, 0.717) is 5.75 Å². The van der Waals surface area contributed by atoms with Gasteiger partial charge >= 0.3 is 0 Å². The van der Waals surface area contributed by atoms with E-state index in [9.17, 15) is 0 Å². The average molecular weight is 188 g/mol. The topological polar surface area (TPSA) is 46.0 Å². The second-order valence-corrected chi connectivity index (χ2v) is 2.74. The van der Waals surface area contributed by atoms with Gasteiger partial charge in [0.1, 0.15) is 12.1 Å². The Kier molecular flexibility index (Phi) is 4.14. The van der Waals surface area contributed by atoms with Crippen LogP contribution in [0.3, 0.4) is 0 Å². The SMILES string of the molecule is Cc1ccc(O)cc1.c1cncnc1. The van der Waals surface area contributed by atoms with Crippen LogP contribution in [0.15, 0.2) is 49.1 Å². The van der Waals surface area contributed by atoms with Crippen molar-refractivity contribution in [3.63, 3.8) is 0 Å². The number of aromatic hydroxyl groups is 1. The molecule has 1 N–H and O–H groups in total. The number of benzene rings is 1. The molecule has 0 bridgehead atoms. The van der Waals surface area contributed by atoms with Gasteiger partial charge in [-0.1, -0.05) is 17.7 Å². The molecule has 1 aromatic heterocycles. The Labute approximate surface area is 83.1 Å². The largest absolute Gasteiger partial charge is 0.508 e. The van der Waals surface area contributed by atoms with Crippen molar-refractivity contribution in [3.8, 4) is 5.75 Å². The second-order valence-electron chi connectivity index (χ2n) is 2.74. The Morgan fingerprint density at radius 1 is 1.00 bits per heavy atom. The van der Waals surface area contributed by atoms with Gasteiger partial charge in [0.2, 0.25) is 0 Å². The van der Waals surface area contributed by atoms with E-state index in [1.807, 2.05) is 19.1 Å². The number of aromatic nitrogens is 2. The molecule has 0 fully saturated rings. The molecule has 3 heteroatoms. The predicted molar refractivity (Wildman–Crippen MR) is 54.9 cm³/mol. The highest BCUT2D eigenvalue weighted by atomic mass is 16.3. The zero-order valence-corrected chi connectivity index (χ0v) is 7.96. The van der Waals surface area contributed by atoms with Crippen molar-refractivity contribution in [2.45, 2.75) is 6.92 Å². The molecule has 0 aliphatic carbocycles. The standard InChI is InChI=1S/C7H8O.C4H4N2/c1-6-2-4-7(8)5-3-6;1-2-5-4-6-3-1/h2-5,8H,1H3;1-4H. The molecule has 0 aliphatic heterocycles. The van der Waals surface area contributed by atoms with Gasteiger partial charge in [-0.15, -0.1) is 0 Å². The van der Waals surface area contributed by atoms with Crippen molar-refractivity contribution in [1.82, 2.24) is 9.97 Å². The van der Waals surface area contributed by atoms with Crippen LogP contribution in [0.5, 0.6) is 5.75 Å². The first-order valence-corrected chi connectivity index (χ1v) is 4.24. The molecule has 1 heterocycles. The van der Waals surface area contributed by atoms with Crippen LogP contribution < -0.4 is 0 Å². The van der Waals surface area contributed by atoms with E-state index in [2.05, 4.69) is 9.97 Å². The van der Waals surface area contributed by atoms with Gasteiger partial charge in [-0.3, -0.25) is 0 Å². The van der Waals surface area contributed by atoms with Crippen molar-refractivity contribution in [3.05, 3.63) is 54.6 Å². The molecule has 0 atom stereocenters. The van der Waals surface area contributed by atoms with Crippen molar-refractivity contribution >= 4 is 0 Å². The lowest BCUT2D eigenvalue weighted by Crippen LogP contribution is -1.66. The van der Waals surface area contributed by atoms with Gasteiger partial charge < -0.3 is 5.11 Å². The summed E-state index contributed by atoms with van der Waals surface area (Å²) in [6.07, 6.45) is 4.88. The van der Waals surface area contributed by atoms with Crippen LogP contribution in [0.25, 0.3) is 0 Å². The Morgan fingerprint density at radius 3 is 1.86 bits per heavy atom. The Morgan fingerprint density at radius 2 is 1.57 bits per heavy atom. The van der Waals surface area contributed by atoms with E-state index < -0.39 is 0 Å². The number of aryl methyl sites for hydroxylation is 1. The average Bonchev–Trinajstić information content (AvgIpc) is 2.26. The molecule has 2 aromatic rings. The number of nitrogens with zero attached hydrogens (tertiary/aromatic N) is 2. The summed E-state index contributed by atoms with van der Waals surface area (Å²) in [6, 6.07) is 8.87. The lowest BCUT2D eigenvalue weighted by atomic mass is 10.2. The first kappa shape index (κ1) is 10.2. The van der Waals surface area contributed by atoms with Crippen LogP contribution in [0.1, 0.15) is 5.56 Å². The van der Waals surface area contributed by atoms with E-state index in [0.717, 1.165) is 0 Å². The molecular weight excluding hydrogens is 176 g/mol. The van der Waals surface area contributed by atoms with Gasteiger partial charge in [0.05, 0.1) is 0 Å². The zero-order valence-electron chi connectivity index (χ0n) is 7.96. The summed E-state index contributed by atoms with van der Waals surface area (Å²) in [5.74, 6) is 0.329. The molecule has 0 spiro atoms. The molecule has 72 valence electrons. The highest BCUT2D eigenvalue weighted by Crippen LogP contribution is 2.07. The molecule has 0 unspecified atom stereocenters. The lowest BCUT2D eigenvalue weighted by Gasteiger charge is -1.89. The summed E-state index contributed by atoms with van der Waals surface area (Å²) < 4.78 is 0. The third-order valence-corrected chi connectivity index (χ3v) is 1.51. The smallest absolute Gasteiger partial charge is 0.115 e. The maximum Gasteiger partial charge on any atom is 0.115 e. The van der Waals surface area contributed by atoms with Crippen LogP contribution in [-0.2, 0) is 0 Å². The number of phenolic OH excluding ortho intramolecular Hbond substituents is 1. The highest BCUT2D eigenvalue weighted by Gasteiger charge is 1.82. The van der Waals surface area contributed by atoms with Crippen LogP contribution >= 0.6 is 0 Å². The third-order valence-electron chi connectivity index (χ3n) is 1.51. The number of hydrogen-bond donors (Lipinski definition) is 1. The summed E-state index contributed by atoms with van der Waals surface area (Å²) in [6.45, 7) is 1.99. The second kappa shape index (κ2) is 5.70. The first-order chi connectivity index (χ1) is 6.79. The predicted octanol–water partition coefficient (Wildman–Crippen LogP) is 2.18. The molecule has 3 nitrogen and oxygen atoms in total. The molecule has 14 heavy (non-hydrogen) atoms. The quantitative estimate of drug-likeness (QED) is 0.689. The molecule has 0 radical (unpaired) electrons. The van der Waals surface area contributed by atoms with Gasteiger partial charge in [0.25, 0.3) is 0 Å². The molecule has 0 saturated carbocycles. The molecule has 1 aromatic carbocycles. The van der Waals surface area contributed by atoms with Crippen molar-refractivity contribution in [2.75, 3.05) is 0 Å². The van der Waals surface area contributed by atoms with Crippen LogP contribution in [0.2, 0.25) is 0 Å². The summed E-state index contributed by atoms with van der Waals surface area (Å²) in [5.41, 5.74) is 1.17. The van der Waals surface area contributed by atoms with Gasteiger partial charge in [-0.25, -0.2) is 9.97 Å². The van der Waals surface area contributed by atoms with E-state index in [4.69, 9.17) is 5.11 Å². The van der Waals surface area contributed by atoms with Crippen molar-refractivity contribution < 1.29 is 5.11 Å². The summed E-state index contributed by atoms with van der Waals surface area (Å²) in [5, 5.41) is 8.76. The van der Waals surface area contributed by atoms with Gasteiger partial charge in [0.15, 0.2) is 0 Å².